The number of phenolic OH excluding ortho intramolecular Hbond substituents is 1. The molecule has 0 aliphatic rings. The van der Waals surface area contributed by atoms with Crippen LogP contribution in [0.3, 0.4) is 0 Å². The van der Waals surface area contributed by atoms with Gasteiger partial charge in [-0.1, -0.05) is 12.1 Å². The number of nitrogens with two attached hydrogens (primary N) is 1. The summed E-state index contributed by atoms with van der Waals surface area (Å²) in [4.78, 5) is 12.0. The van der Waals surface area contributed by atoms with Gasteiger partial charge in [0.05, 0.1) is 11.3 Å². The molecule has 2 rings (SSSR count). The third kappa shape index (κ3) is 2.65. The minimum Gasteiger partial charge on any atom is -0.508 e. The van der Waals surface area contributed by atoms with Gasteiger partial charge < -0.3 is 16.2 Å². The fourth-order valence-electron chi connectivity index (χ4n) is 1.71. The SMILES string of the molecule is Cc1cccc(F)c1NC(=O)c1cc(O)ccc1N. The average Bonchev–Trinajstić information content (AvgIpc) is 2.37. The number of phenols is 1. The summed E-state index contributed by atoms with van der Waals surface area (Å²) in [6, 6.07) is 8.53. The number of para-hydroxylation sites is 1. The topological polar surface area (TPSA) is 75.3 Å². The van der Waals surface area contributed by atoms with Crippen molar-refractivity contribution in [1.29, 1.82) is 0 Å². The van der Waals surface area contributed by atoms with Crippen molar-refractivity contribution in [3.05, 3.63) is 53.3 Å². The molecular weight excluding hydrogens is 247 g/mol. The fraction of sp³-hybridized carbons (Fsp3) is 0.0714. The van der Waals surface area contributed by atoms with Crippen LogP contribution < -0.4 is 11.1 Å². The molecule has 0 saturated heterocycles. The average molecular weight is 260 g/mol. The van der Waals surface area contributed by atoms with Gasteiger partial charge >= 0.3 is 0 Å². The summed E-state index contributed by atoms with van der Waals surface area (Å²) in [5.74, 6) is -1.17. The maximum atomic E-state index is 13.6. The second-order valence-corrected chi connectivity index (χ2v) is 4.16. The van der Waals surface area contributed by atoms with Crippen molar-refractivity contribution < 1.29 is 14.3 Å². The Morgan fingerprint density at radius 2 is 2.05 bits per heavy atom. The summed E-state index contributed by atoms with van der Waals surface area (Å²) in [5.41, 5.74) is 6.68. The summed E-state index contributed by atoms with van der Waals surface area (Å²) in [6.45, 7) is 1.69. The standard InChI is InChI=1S/C14H13FN2O2/c1-8-3-2-4-11(15)13(8)17-14(19)10-7-9(18)5-6-12(10)16/h2-7,18H,16H2,1H3,(H,17,19). The highest BCUT2D eigenvalue weighted by atomic mass is 19.1. The zero-order valence-electron chi connectivity index (χ0n) is 10.3. The summed E-state index contributed by atoms with van der Waals surface area (Å²) in [7, 11) is 0. The van der Waals surface area contributed by atoms with E-state index < -0.39 is 11.7 Å². The lowest BCUT2D eigenvalue weighted by atomic mass is 10.1. The molecule has 4 N–H and O–H groups in total. The normalized spacial score (nSPS) is 10.2. The third-order valence-electron chi connectivity index (χ3n) is 2.74. The maximum absolute atomic E-state index is 13.6. The first-order valence-electron chi connectivity index (χ1n) is 5.64. The summed E-state index contributed by atoms with van der Waals surface area (Å²) >= 11 is 0. The van der Waals surface area contributed by atoms with Gasteiger partial charge in [0.15, 0.2) is 0 Å². The molecule has 4 nitrogen and oxygen atoms in total. The number of halogens is 1. The molecule has 0 fully saturated rings. The maximum Gasteiger partial charge on any atom is 0.257 e. The summed E-state index contributed by atoms with van der Waals surface area (Å²) < 4.78 is 13.6. The molecule has 0 aliphatic heterocycles. The molecule has 1 amide bonds. The first-order chi connectivity index (χ1) is 8.99. The van der Waals surface area contributed by atoms with Crippen LogP contribution in [0, 0.1) is 12.7 Å². The van der Waals surface area contributed by atoms with Gasteiger partial charge in [0.1, 0.15) is 11.6 Å². The molecule has 0 aliphatic carbocycles. The van der Waals surface area contributed by atoms with Crippen LogP contribution in [0.2, 0.25) is 0 Å². The monoisotopic (exact) mass is 260 g/mol. The number of aromatic hydroxyl groups is 1. The Labute approximate surface area is 109 Å². The van der Waals surface area contributed by atoms with E-state index in [-0.39, 0.29) is 22.7 Å². The molecule has 2 aromatic carbocycles. The lowest BCUT2D eigenvalue weighted by Crippen LogP contribution is -2.15. The van der Waals surface area contributed by atoms with Crippen LogP contribution in [-0.2, 0) is 0 Å². The zero-order valence-corrected chi connectivity index (χ0v) is 10.3. The lowest BCUT2D eigenvalue weighted by molar-refractivity contribution is 0.102. The highest BCUT2D eigenvalue weighted by Gasteiger charge is 2.14. The Morgan fingerprint density at radius 1 is 1.32 bits per heavy atom. The van der Waals surface area contributed by atoms with Crippen molar-refractivity contribution in [1.82, 2.24) is 0 Å². The number of anilines is 2. The molecule has 0 aromatic heterocycles. The first-order valence-corrected chi connectivity index (χ1v) is 5.64. The van der Waals surface area contributed by atoms with Gasteiger partial charge in [-0.2, -0.15) is 0 Å². The van der Waals surface area contributed by atoms with Crippen LogP contribution in [0.15, 0.2) is 36.4 Å². The van der Waals surface area contributed by atoms with Crippen molar-refractivity contribution in [3.8, 4) is 5.75 Å². The molecule has 0 atom stereocenters. The van der Waals surface area contributed by atoms with E-state index in [2.05, 4.69) is 5.32 Å². The number of hydrogen-bond donors (Lipinski definition) is 3. The van der Waals surface area contributed by atoms with Crippen LogP contribution in [0.5, 0.6) is 5.75 Å². The number of hydrogen-bond acceptors (Lipinski definition) is 3. The van der Waals surface area contributed by atoms with Crippen molar-refractivity contribution in [2.45, 2.75) is 6.92 Å². The molecule has 2 aromatic rings. The van der Waals surface area contributed by atoms with Gasteiger partial charge in [-0.05, 0) is 36.8 Å². The highest BCUT2D eigenvalue weighted by molar-refractivity contribution is 6.08. The number of nitrogen functional groups attached to an aromatic ring is 1. The van der Waals surface area contributed by atoms with Crippen molar-refractivity contribution in [3.63, 3.8) is 0 Å². The Balaban J connectivity index is 2.34. The number of rotatable bonds is 2. The summed E-state index contributed by atoms with van der Waals surface area (Å²) in [6.07, 6.45) is 0. The molecular formula is C14H13FN2O2. The molecule has 0 radical (unpaired) electrons. The van der Waals surface area contributed by atoms with E-state index in [1.54, 1.807) is 19.1 Å². The Morgan fingerprint density at radius 3 is 2.74 bits per heavy atom. The van der Waals surface area contributed by atoms with Crippen molar-refractivity contribution in [2.24, 2.45) is 0 Å². The number of carbonyl (C=O) groups excluding carboxylic acids is 1. The Kier molecular flexibility index (Phi) is 3.37. The van der Waals surface area contributed by atoms with Crippen LogP contribution in [-0.4, -0.2) is 11.0 Å². The molecule has 0 bridgehead atoms. The Hall–Kier alpha value is -2.56. The van der Waals surface area contributed by atoms with Crippen molar-refractivity contribution in [2.75, 3.05) is 11.1 Å². The predicted molar refractivity (Wildman–Crippen MR) is 71.6 cm³/mol. The van der Waals surface area contributed by atoms with Gasteiger partial charge in [0, 0.05) is 5.69 Å². The molecule has 0 heterocycles. The lowest BCUT2D eigenvalue weighted by Gasteiger charge is -2.11. The number of benzene rings is 2. The van der Waals surface area contributed by atoms with Crippen LogP contribution in [0.25, 0.3) is 0 Å². The van der Waals surface area contributed by atoms with Gasteiger partial charge in [-0.3, -0.25) is 4.79 Å². The smallest absolute Gasteiger partial charge is 0.257 e. The van der Waals surface area contributed by atoms with E-state index in [4.69, 9.17) is 5.73 Å². The highest BCUT2D eigenvalue weighted by Crippen LogP contribution is 2.23. The van der Waals surface area contributed by atoms with Gasteiger partial charge in [0.25, 0.3) is 5.91 Å². The number of nitrogens with one attached hydrogen (secondary N) is 1. The van der Waals surface area contributed by atoms with Crippen LogP contribution >= 0.6 is 0 Å². The number of carbonyl (C=O) groups is 1. The largest absolute Gasteiger partial charge is 0.508 e. The van der Waals surface area contributed by atoms with E-state index >= 15 is 0 Å². The minimum atomic E-state index is -0.568. The third-order valence-corrected chi connectivity index (χ3v) is 2.74. The van der Waals surface area contributed by atoms with Gasteiger partial charge in [0.2, 0.25) is 0 Å². The number of aryl methyl sites for hydroxylation is 1. The van der Waals surface area contributed by atoms with E-state index in [1.165, 1.54) is 24.3 Å². The second-order valence-electron chi connectivity index (χ2n) is 4.16. The van der Waals surface area contributed by atoms with Crippen molar-refractivity contribution >= 4 is 17.3 Å². The zero-order chi connectivity index (χ0) is 14.0. The molecule has 0 unspecified atom stereocenters. The van der Waals surface area contributed by atoms with Gasteiger partial charge in [-0.25, -0.2) is 4.39 Å². The van der Waals surface area contributed by atoms with E-state index in [0.717, 1.165) is 0 Å². The molecule has 98 valence electrons. The van der Waals surface area contributed by atoms with E-state index in [9.17, 15) is 14.3 Å². The van der Waals surface area contributed by atoms with E-state index in [1.807, 2.05) is 0 Å². The quantitative estimate of drug-likeness (QED) is 0.574. The minimum absolute atomic E-state index is 0.0791. The Bertz CT molecular complexity index is 621. The fourth-order valence-corrected chi connectivity index (χ4v) is 1.71. The van der Waals surface area contributed by atoms with Gasteiger partial charge in [-0.15, -0.1) is 0 Å². The van der Waals surface area contributed by atoms with E-state index in [0.29, 0.717) is 5.56 Å². The number of amides is 1. The predicted octanol–water partition coefficient (Wildman–Crippen LogP) is 2.67. The second kappa shape index (κ2) is 4.97. The molecule has 5 heteroatoms. The first kappa shape index (κ1) is 12.9. The molecule has 0 saturated carbocycles. The van der Waals surface area contributed by atoms with Crippen LogP contribution in [0.1, 0.15) is 15.9 Å². The van der Waals surface area contributed by atoms with Crippen LogP contribution in [0.4, 0.5) is 15.8 Å². The molecule has 0 spiro atoms. The molecule has 19 heavy (non-hydrogen) atoms. The summed E-state index contributed by atoms with van der Waals surface area (Å²) in [5, 5.41) is 11.8.